The molecule has 0 amide bonds. The summed E-state index contributed by atoms with van der Waals surface area (Å²) in [6.07, 6.45) is 0. The van der Waals surface area contributed by atoms with Crippen LogP contribution in [0.1, 0.15) is 11.8 Å². The maximum Gasteiger partial charge on any atom is 1.00 e. The van der Waals surface area contributed by atoms with Gasteiger partial charge in [-0.15, -0.1) is 0 Å². The Bertz CT molecular complexity index is 637. The predicted molar refractivity (Wildman–Crippen MR) is 85.9 cm³/mol. The zero-order chi connectivity index (χ0) is 15.2. The summed E-state index contributed by atoms with van der Waals surface area (Å²) < 4.78 is 15.9. The number of carbonyl (C=O) groups is 1. The third-order valence-electron chi connectivity index (χ3n) is 2.99. The number of benzene rings is 2. The van der Waals surface area contributed by atoms with Crippen LogP contribution in [0.3, 0.4) is 0 Å². The third kappa shape index (κ3) is 4.05. The van der Waals surface area contributed by atoms with Crippen molar-refractivity contribution in [2.75, 3.05) is 21.3 Å². The van der Waals surface area contributed by atoms with Gasteiger partial charge in [0.1, 0.15) is 11.3 Å². The molecular formula is C16H18LiO4P. The molecule has 0 aliphatic carbocycles. The molecule has 6 heteroatoms. The van der Waals surface area contributed by atoms with E-state index in [1.807, 2.05) is 30.3 Å². The van der Waals surface area contributed by atoms with E-state index in [-0.39, 0.29) is 34.4 Å². The quantitative estimate of drug-likeness (QED) is 0.555. The van der Waals surface area contributed by atoms with E-state index < -0.39 is 0 Å². The molecule has 0 heterocycles. The number of methoxy groups -OCH3 is 3. The van der Waals surface area contributed by atoms with Gasteiger partial charge in [0.05, 0.1) is 21.3 Å². The molecule has 0 spiro atoms. The van der Waals surface area contributed by atoms with Gasteiger partial charge in [0.25, 0.3) is 0 Å². The number of hydrogen-bond donors (Lipinski definition) is 0. The van der Waals surface area contributed by atoms with Gasteiger partial charge in [-0.05, 0) is 26.0 Å². The molecule has 0 aliphatic heterocycles. The minimum Gasteiger partial charge on any atom is -1.00 e. The second-order valence-electron chi connectivity index (χ2n) is 4.20. The molecule has 2 rings (SSSR count). The molecule has 2 aromatic carbocycles. The van der Waals surface area contributed by atoms with Crippen LogP contribution >= 0.6 is 8.58 Å². The van der Waals surface area contributed by atoms with Crippen LogP contribution < -0.4 is 38.4 Å². The van der Waals surface area contributed by atoms with Crippen molar-refractivity contribution in [2.45, 2.75) is 0 Å². The average molecular weight is 312 g/mol. The van der Waals surface area contributed by atoms with Gasteiger partial charge in [-0.2, -0.15) is 0 Å². The van der Waals surface area contributed by atoms with Gasteiger partial charge in [-0.3, -0.25) is 4.79 Å². The van der Waals surface area contributed by atoms with Gasteiger partial charge in [0.15, 0.2) is 17.0 Å². The first-order valence-electron chi connectivity index (χ1n) is 6.36. The number of hydrogen-bond acceptors (Lipinski definition) is 4. The fourth-order valence-corrected chi connectivity index (χ4v) is 2.99. The average Bonchev–Trinajstić information content (AvgIpc) is 2.54. The number of carbonyl (C=O) groups excluding carboxylic acids is 1. The van der Waals surface area contributed by atoms with E-state index in [0.29, 0.717) is 22.8 Å². The van der Waals surface area contributed by atoms with Gasteiger partial charge in [-0.25, -0.2) is 0 Å². The molecular weight excluding hydrogens is 294 g/mol. The normalized spacial score (nSPS) is 10.1. The Morgan fingerprint density at radius 3 is 2.05 bits per heavy atom. The fraction of sp³-hybridized carbons (Fsp3) is 0.188. The van der Waals surface area contributed by atoms with Crippen LogP contribution in [-0.4, -0.2) is 26.9 Å². The third-order valence-corrected chi connectivity index (χ3v) is 4.09. The molecule has 1 unspecified atom stereocenters. The number of rotatable bonds is 6. The number of ether oxygens (including phenoxy) is 3. The second-order valence-corrected chi connectivity index (χ2v) is 5.48. The van der Waals surface area contributed by atoms with E-state index in [2.05, 4.69) is 0 Å². The summed E-state index contributed by atoms with van der Waals surface area (Å²) in [6.45, 7) is 0. The summed E-state index contributed by atoms with van der Waals surface area (Å²) in [5.41, 5.74) is 0.371. The van der Waals surface area contributed by atoms with Crippen molar-refractivity contribution in [3.63, 3.8) is 0 Å². The molecule has 0 fully saturated rings. The van der Waals surface area contributed by atoms with Crippen LogP contribution in [0.2, 0.25) is 0 Å². The Morgan fingerprint density at radius 2 is 1.50 bits per heavy atom. The first-order chi connectivity index (χ1) is 10.2. The van der Waals surface area contributed by atoms with Crippen LogP contribution in [-0.2, 0) is 0 Å². The Balaban J connectivity index is 0.00000242. The molecule has 0 bridgehead atoms. The summed E-state index contributed by atoms with van der Waals surface area (Å²) in [7, 11) is 4.58. The van der Waals surface area contributed by atoms with E-state index in [1.54, 1.807) is 12.1 Å². The SMILES string of the molecule is COc1ccc(OC)c(C(=O)Pc2ccccc2)c1OC.[H-].[Li+]. The molecule has 0 N–H and O–H groups in total. The van der Waals surface area contributed by atoms with E-state index >= 15 is 0 Å². The van der Waals surface area contributed by atoms with Gasteiger partial charge < -0.3 is 15.6 Å². The maximum absolute atomic E-state index is 12.6. The van der Waals surface area contributed by atoms with Crippen LogP contribution in [0.4, 0.5) is 0 Å². The summed E-state index contributed by atoms with van der Waals surface area (Å²) in [5, 5.41) is 0.967. The summed E-state index contributed by atoms with van der Waals surface area (Å²) >= 11 is 0. The van der Waals surface area contributed by atoms with Crippen molar-refractivity contribution >= 4 is 19.4 Å². The van der Waals surface area contributed by atoms with Crippen molar-refractivity contribution in [2.24, 2.45) is 0 Å². The van der Waals surface area contributed by atoms with Crippen molar-refractivity contribution in [1.82, 2.24) is 0 Å². The fourth-order valence-electron chi connectivity index (χ4n) is 2.01. The van der Waals surface area contributed by atoms with Crippen molar-refractivity contribution in [3.8, 4) is 17.2 Å². The first-order valence-corrected chi connectivity index (χ1v) is 7.36. The monoisotopic (exact) mass is 312 g/mol. The molecule has 0 saturated carbocycles. The molecule has 2 aromatic rings. The smallest absolute Gasteiger partial charge is 1.00 e. The Kier molecular flexibility index (Phi) is 7.48. The van der Waals surface area contributed by atoms with Gasteiger partial charge in [0.2, 0.25) is 0 Å². The second kappa shape index (κ2) is 8.85. The summed E-state index contributed by atoms with van der Waals surface area (Å²) in [4.78, 5) is 12.6. The zero-order valence-electron chi connectivity index (χ0n) is 14.2. The topological polar surface area (TPSA) is 44.8 Å². The molecule has 22 heavy (non-hydrogen) atoms. The Labute approximate surface area is 145 Å². The Morgan fingerprint density at radius 1 is 0.909 bits per heavy atom. The van der Waals surface area contributed by atoms with Crippen LogP contribution in [0, 0.1) is 0 Å². The summed E-state index contributed by atoms with van der Waals surface area (Å²) in [6, 6.07) is 13.0. The summed E-state index contributed by atoms with van der Waals surface area (Å²) in [5.74, 6) is 1.41. The van der Waals surface area contributed by atoms with E-state index in [9.17, 15) is 4.79 Å². The minimum atomic E-state index is -0.0474. The van der Waals surface area contributed by atoms with Crippen LogP contribution in [0.15, 0.2) is 42.5 Å². The van der Waals surface area contributed by atoms with E-state index in [1.165, 1.54) is 21.3 Å². The largest absolute Gasteiger partial charge is 1.00 e. The molecule has 112 valence electrons. The molecule has 0 saturated heterocycles. The van der Waals surface area contributed by atoms with Crippen molar-refractivity contribution in [3.05, 3.63) is 48.0 Å². The van der Waals surface area contributed by atoms with Crippen molar-refractivity contribution in [1.29, 1.82) is 0 Å². The van der Waals surface area contributed by atoms with Gasteiger partial charge in [-0.1, -0.05) is 30.3 Å². The van der Waals surface area contributed by atoms with Crippen molar-refractivity contribution < 1.29 is 39.3 Å². The van der Waals surface area contributed by atoms with Gasteiger partial charge in [0, 0.05) is 0 Å². The molecule has 4 nitrogen and oxygen atoms in total. The Hall–Kier alpha value is -1.46. The zero-order valence-corrected chi connectivity index (χ0v) is 14.2. The molecule has 0 aromatic heterocycles. The predicted octanol–water partition coefficient (Wildman–Crippen LogP) is -0.0269. The van der Waals surface area contributed by atoms with Crippen LogP contribution in [0.25, 0.3) is 0 Å². The first kappa shape index (κ1) is 18.6. The molecule has 0 radical (unpaired) electrons. The van der Waals surface area contributed by atoms with Crippen LogP contribution in [0.5, 0.6) is 17.2 Å². The van der Waals surface area contributed by atoms with Gasteiger partial charge >= 0.3 is 18.9 Å². The van der Waals surface area contributed by atoms with E-state index in [0.717, 1.165) is 5.30 Å². The van der Waals surface area contributed by atoms with E-state index in [4.69, 9.17) is 14.2 Å². The molecule has 0 aliphatic rings. The minimum absolute atomic E-state index is 0. The maximum atomic E-state index is 12.6. The molecule has 1 atom stereocenters. The standard InChI is InChI=1S/C16H17O4P.Li.H/c1-18-12-9-10-13(19-2)15(20-3)14(12)16(17)21-11-7-5-4-6-8-11;;/h4-10,21H,1-3H3;;/q;+1;-1.